The molecule has 0 aromatic heterocycles. The number of rotatable bonds is 6. The van der Waals surface area contributed by atoms with Gasteiger partial charge in [-0.25, -0.2) is 0 Å². The van der Waals surface area contributed by atoms with Crippen LogP contribution in [0.1, 0.15) is 27.7 Å². The van der Waals surface area contributed by atoms with Crippen molar-refractivity contribution < 1.29 is 19.8 Å². The van der Waals surface area contributed by atoms with Crippen molar-refractivity contribution >= 4 is 11.9 Å². The van der Waals surface area contributed by atoms with Crippen LogP contribution in [-0.4, -0.2) is 48.3 Å². The number of nitrogens with one attached hydrogen (secondary N) is 2. The Bertz CT molecular complexity index is 228. The van der Waals surface area contributed by atoms with Gasteiger partial charge in [-0.15, -0.1) is 0 Å². The van der Waals surface area contributed by atoms with Crippen molar-refractivity contribution in [2.24, 2.45) is 11.8 Å². The summed E-state index contributed by atoms with van der Waals surface area (Å²) in [5.41, 5.74) is 0. The van der Waals surface area contributed by atoms with Crippen LogP contribution < -0.4 is 10.6 Å². The summed E-state index contributed by atoms with van der Waals surface area (Å²) < 4.78 is 0. The standard InChI is InChI=1S/2C6H13NO2/c2*1-4(2)5(7-3)6(8)9/h2*4-5,7H,1-3H3,(H,8,9)/t5-;/m0./s1. The van der Waals surface area contributed by atoms with Gasteiger partial charge in [0.15, 0.2) is 0 Å². The van der Waals surface area contributed by atoms with Gasteiger partial charge in [0.25, 0.3) is 0 Å². The number of carboxylic acid groups (broad SMARTS) is 2. The first-order chi connectivity index (χ1) is 8.18. The van der Waals surface area contributed by atoms with Crippen LogP contribution in [0.25, 0.3) is 0 Å². The van der Waals surface area contributed by atoms with E-state index in [-0.39, 0.29) is 11.8 Å². The molecule has 0 aliphatic rings. The molecule has 18 heavy (non-hydrogen) atoms. The normalized spacial score (nSPS) is 13.8. The minimum Gasteiger partial charge on any atom is -0.480 e. The Morgan fingerprint density at radius 1 is 0.778 bits per heavy atom. The third kappa shape index (κ3) is 8.03. The summed E-state index contributed by atoms with van der Waals surface area (Å²) in [6, 6.07) is -0.824. The molecule has 0 aliphatic heterocycles. The molecule has 0 aliphatic carbocycles. The Labute approximate surface area is 109 Å². The van der Waals surface area contributed by atoms with Crippen molar-refractivity contribution in [3.63, 3.8) is 0 Å². The van der Waals surface area contributed by atoms with Crippen molar-refractivity contribution in [2.75, 3.05) is 14.1 Å². The minimum absolute atomic E-state index is 0.146. The summed E-state index contributed by atoms with van der Waals surface area (Å²) in [7, 11) is 3.30. The average Bonchev–Trinajstić information content (AvgIpc) is 2.17. The molecule has 1 unspecified atom stereocenters. The average molecular weight is 262 g/mol. The van der Waals surface area contributed by atoms with E-state index in [0.29, 0.717) is 0 Å². The number of carboxylic acids is 2. The maximum atomic E-state index is 10.3. The summed E-state index contributed by atoms with van der Waals surface area (Å²) in [4.78, 5) is 20.6. The van der Waals surface area contributed by atoms with E-state index in [2.05, 4.69) is 10.6 Å². The third-order valence-electron chi connectivity index (χ3n) is 2.49. The van der Waals surface area contributed by atoms with Gasteiger partial charge in [-0.05, 0) is 25.9 Å². The van der Waals surface area contributed by atoms with Crippen molar-refractivity contribution in [1.29, 1.82) is 0 Å². The smallest absolute Gasteiger partial charge is 0.320 e. The molecule has 6 heteroatoms. The van der Waals surface area contributed by atoms with E-state index in [9.17, 15) is 9.59 Å². The Morgan fingerprint density at radius 2 is 1.00 bits per heavy atom. The van der Waals surface area contributed by atoms with E-state index < -0.39 is 24.0 Å². The first-order valence-corrected chi connectivity index (χ1v) is 5.99. The van der Waals surface area contributed by atoms with Gasteiger partial charge in [0.1, 0.15) is 12.1 Å². The van der Waals surface area contributed by atoms with E-state index in [1.54, 1.807) is 14.1 Å². The highest BCUT2D eigenvalue weighted by Gasteiger charge is 2.18. The number of carbonyl (C=O) groups is 2. The summed E-state index contributed by atoms with van der Waals surface area (Å²) in [5.74, 6) is -1.28. The molecule has 4 N–H and O–H groups in total. The van der Waals surface area contributed by atoms with Crippen LogP contribution in [0.4, 0.5) is 0 Å². The molecule has 0 saturated carbocycles. The molecule has 0 radical (unpaired) electrons. The van der Waals surface area contributed by atoms with Crippen LogP contribution in [0.5, 0.6) is 0 Å². The summed E-state index contributed by atoms with van der Waals surface area (Å²) >= 11 is 0. The number of hydrogen-bond donors (Lipinski definition) is 4. The van der Waals surface area contributed by atoms with E-state index in [1.165, 1.54) is 0 Å². The largest absolute Gasteiger partial charge is 0.480 e. The molecule has 0 bridgehead atoms. The Kier molecular flexibility index (Phi) is 10.5. The zero-order valence-corrected chi connectivity index (χ0v) is 12.0. The Morgan fingerprint density at radius 3 is 1.00 bits per heavy atom. The van der Waals surface area contributed by atoms with Crippen molar-refractivity contribution in [3.05, 3.63) is 0 Å². The monoisotopic (exact) mass is 262 g/mol. The zero-order chi connectivity index (χ0) is 14.9. The molecule has 6 nitrogen and oxygen atoms in total. The molecule has 0 amide bonds. The first kappa shape index (κ1) is 19.2. The lowest BCUT2D eigenvalue weighted by molar-refractivity contribution is -0.141. The maximum absolute atomic E-state index is 10.3. The molecular weight excluding hydrogens is 236 g/mol. The predicted octanol–water partition coefficient (Wildman–Crippen LogP) is 0.630. The lowest BCUT2D eigenvalue weighted by Gasteiger charge is -2.13. The highest BCUT2D eigenvalue weighted by molar-refractivity contribution is 5.74. The van der Waals surface area contributed by atoms with Gasteiger partial charge in [0, 0.05) is 0 Å². The van der Waals surface area contributed by atoms with Crippen LogP contribution in [0.2, 0.25) is 0 Å². The van der Waals surface area contributed by atoms with Gasteiger partial charge in [0.2, 0.25) is 0 Å². The fraction of sp³-hybridized carbons (Fsp3) is 0.833. The highest BCUT2D eigenvalue weighted by Crippen LogP contribution is 2.00. The van der Waals surface area contributed by atoms with Crippen LogP contribution in [0, 0.1) is 11.8 Å². The highest BCUT2D eigenvalue weighted by atomic mass is 16.4. The fourth-order valence-corrected chi connectivity index (χ4v) is 1.48. The van der Waals surface area contributed by atoms with Gasteiger partial charge >= 0.3 is 11.9 Å². The molecule has 0 aromatic rings. The minimum atomic E-state index is -0.785. The van der Waals surface area contributed by atoms with E-state index in [4.69, 9.17) is 10.2 Å². The second-order valence-corrected chi connectivity index (χ2v) is 4.70. The van der Waals surface area contributed by atoms with E-state index in [1.807, 2.05) is 27.7 Å². The number of aliphatic carboxylic acids is 2. The van der Waals surface area contributed by atoms with Gasteiger partial charge < -0.3 is 20.8 Å². The predicted molar refractivity (Wildman–Crippen MR) is 70.6 cm³/mol. The van der Waals surface area contributed by atoms with Crippen LogP contribution in [0.3, 0.4) is 0 Å². The Balaban J connectivity index is 0. The van der Waals surface area contributed by atoms with E-state index in [0.717, 1.165) is 0 Å². The maximum Gasteiger partial charge on any atom is 0.320 e. The first-order valence-electron chi connectivity index (χ1n) is 5.99. The summed E-state index contributed by atoms with van der Waals surface area (Å²) in [6.45, 7) is 7.48. The van der Waals surface area contributed by atoms with Gasteiger partial charge in [-0.3, -0.25) is 9.59 Å². The van der Waals surface area contributed by atoms with Crippen LogP contribution in [0.15, 0.2) is 0 Å². The summed E-state index contributed by atoms with van der Waals surface area (Å²) in [5, 5.41) is 22.4. The SMILES string of the molecule is CNC(C(=O)O)C(C)C.CN[C@H](C(=O)O)C(C)C. The fourth-order valence-electron chi connectivity index (χ4n) is 1.48. The quantitative estimate of drug-likeness (QED) is 0.560. The molecule has 0 aromatic carbocycles. The second kappa shape index (κ2) is 9.85. The molecule has 0 spiro atoms. The topological polar surface area (TPSA) is 98.7 Å². The molecular formula is C12H26N2O4. The zero-order valence-electron chi connectivity index (χ0n) is 12.0. The van der Waals surface area contributed by atoms with Crippen LogP contribution >= 0.6 is 0 Å². The van der Waals surface area contributed by atoms with Crippen molar-refractivity contribution in [2.45, 2.75) is 39.8 Å². The third-order valence-corrected chi connectivity index (χ3v) is 2.49. The van der Waals surface area contributed by atoms with Gasteiger partial charge in [0.05, 0.1) is 0 Å². The van der Waals surface area contributed by atoms with E-state index >= 15 is 0 Å². The lowest BCUT2D eigenvalue weighted by atomic mass is 10.1. The Hall–Kier alpha value is -1.14. The molecule has 108 valence electrons. The molecule has 0 heterocycles. The second-order valence-electron chi connectivity index (χ2n) is 4.70. The van der Waals surface area contributed by atoms with Gasteiger partial charge in [-0.1, -0.05) is 27.7 Å². The van der Waals surface area contributed by atoms with Crippen LogP contribution in [-0.2, 0) is 9.59 Å². The molecule has 2 atom stereocenters. The number of likely N-dealkylation sites (N-methyl/N-ethyl adjacent to an activating group) is 2. The molecule has 0 saturated heterocycles. The summed E-state index contributed by atoms with van der Waals surface area (Å²) in [6.07, 6.45) is 0. The van der Waals surface area contributed by atoms with Crippen molar-refractivity contribution in [3.8, 4) is 0 Å². The lowest BCUT2D eigenvalue weighted by Crippen LogP contribution is -2.38. The van der Waals surface area contributed by atoms with Crippen molar-refractivity contribution in [1.82, 2.24) is 10.6 Å². The van der Waals surface area contributed by atoms with Gasteiger partial charge in [-0.2, -0.15) is 0 Å². The molecule has 0 fully saturated rings. The number of hydrogen-bond acceptors (Lipinski definition) is 4. The molecule has 0 rings (SSSR count).